The molecule has 0 aliphatic rings. The minimum absolute atomic E-state index is 0.291. The second-order valence-corrected chi connectivity index (χ2v) is 7.68. The fourth-order valence-corrected chi connectivity index (χ4v) is 3.68. The van der Waals surface area contributed by atoms with Gasteiger partial charge in [0.15, 0.2) is 0 Å². The first-order valence-corrected chi connectivity index (χ1v) is 10.8. The summed E-state index contributed by atoms with van der Waals surface area (Å²) in [6, 6.07) is 13.7. The zero-order valence-electron chi connectivity index (χ0n) is 19.0. The maximum absolute atomic E-state index is 13.3. The summed E-state index contributed by atoms with van der Waals surface area (Å²) in [5.74, 6) is 1.27. The molecule has 8 nitrogen and oxygen atoms in total. The van der Waals surface area contributed by atoms with Gasteiger partial charge in [-0.1, -0.05) is 0 Å². The van der Waals surface area contributed by atoms with Gasteiger partial charge < -0.3 is 4.74 Å². The Kier molecular flexibility index (Phi) is 5.59. The van der Waals surface area contributed by atoms with Crippen LogP contribution in [0, 0.1) is 19.7 Å². The third-order valence-electron chi connectivity index (χ3n) is 5.31. The van der Waals surface area contributed by atoms with Crippen molar-refractivity contribution in [1.82, 2.24) is 29.7 Å². The number of halogens is 1. The van der Waals surface area contributed by atoms with Crippen LogP contribution in [0.3, 0.4) is 0 Å². The van der Waals surface area contributed by atoms with E-state index in [1.54, 1.807) is 23.0 Å². The molecule has 9 heteroatoms. The molecule has 0 saturated heterocycles. The van der Waals surface area contributed by atoms with Crippen LogP contribution in [-0.4, -0.2) is 36.3 Å². The monoisotopic (exact) mass is 455 g/mol. The molecule has 5 aromatic rings. The van der Waals surface area contributed by atoms with E-state index in [1.165, 1.54) is 12.1 Å². The number of ether oxygens (including phenoxy) is 1. The Hall–Kier alpha value is -4.40. The highest BCUT2D eigenvalue weighted by Crippen LogP contribution is 2.25. The van der Waals surface area contributed by atoms with Crippen LogP contribution in [0.1, 0.15) is 18.3 Å². The normalized spacial score (nSPS) is 11.1. The fraction of sp³-hybridized carbons (Fsp3) is 0.160. The van der Waals surface area contributed by atoms with Crippen molar-refractivity contribution >= 4 is 22.8 Å². The third-order valence-corrected chi connectivity index (χ3v) is 5.31. The summed E-state index contributed by atoms with van der Waals surface area (Å²) in [5.41, 5.74) is 4.70. The zero-order valence-corrected chi connectivity index (χ0v) is 19.0. The van der Waals surface area contributed by atoms with Gasteiger partial charge >= 0.3 is 0 Å². The maximum Gasteiger partial charge on any atom is 0.230 e. The summed E-state index contributed by atoms with van der Waals surface area (Å²) < 4.78 is 20.5. The summed E-state index contributed by atoms with van der Waals surface area (Å²) >= 11 is 0. The van der Waals surface area contributed by atoms with Gasteiger partial charge in [-0.15, -0.1) is 0 Å². The Morgan fingerprint density at radius 2 is 1.76 bits per heavy atom. The molecule has 0 saturated carbocycles. The first-order valence-electron chi connectivity index (χ1n) is 10.8. The Balaban J connectivity index is 1.43. The lowest BCUT2D eigenvalue weighted by Gasteiger charge is -2.09. The molecule has 0 atom stereocenters. The second-order valence-electron chi connectivity index (χ2n) is 7.68. The summed E-state index contributed by atoms with van der Waals surface area (Å²) in [6.07, 6.45) is 3.53. The predicted molar refractivity (Wildman–Crippen MR) is 128 cm³/mol. The van der Waals surface area contributed by atoms with Crippen molar-refractivity contribution in [3.8, 4) is 22.7 Å². The van der Waals surface area contributed by atoms with Crippen LogP contribution >= 0.6 is 0 Å². The number of hydrogen-bond donors (Lipinski definition) is 1. The van der Waals surface area contributed by atoms with E-state index in [-0.39, 0.29) is 5.82 Å². The smallest absolute Gasteiger partial charge is 0.230 e. The van der Waals surface area contributed by atoms with Gasteiger partial charge in [0, 0.05) is 23.3 Å². The number of anilines is 2. The highest BCUT2D eigenvalue weighted by molar-refractivity contribution is 5.83. The van der Waals surface area contributed by atoms with Gasteiger partial charge in [0.05, 0.1) is 34.9 Å². The van der Waals surface area contributed by atoms with Crippen molar-refractivity contribution in [2.24, 2.45) is 0 Å². The van der Waals surface area contributed by atoms with Gasteiger partial charge in [-0.25, -0.2) is 29.0 Å². The number of nitrogens with one attached hydrogen (secondary N) is 1. The Morgan fingerprint density at radius 1 is 0.941 bits per heavy atom. The van der Waals surface area contributed by atoms with Crippen LogP contribution < -0.4 is 10.1 Å². The maximum atomic E-state index is 13.3. The predicted octanol–water partition coefficient (Wildman–Crippen LogP) is 5.17. The minimum Gasteiger partial charge on any atom is -0.494 e. The number of hydrogen-bond acceptors (Lipinski definition) is 7. The van der Waals surface area contributed by atoms with Gasteiger partial charge in [-0.05, 0) is 69.3 Å². The lowest BCUT2D eigenvalue weighted by atomic mass is 10.2. The number of rotatable bonds is 6. The van der Waals surface area contributed by atoms with E-state index in [9.17, 15) is 4.39 Å². The van der Waals surface area contributed by atoms with Crippen LogP contribution in [0.4, 0.5) is 16.3 Å². The molecule has 2 aromatic carbocycles. The highest BCUT2D eigenvalue weighted by atomic mass is 19.1. The highest BCUT2D eigenvalue weighted by Gasteiger charge is 2.13. The second kappa shape index (κ2) is 8.86. The molecule has 0 unspecified atom stereocenters. The zero-order chi connectivity index (χ0) is 23.7. The third kappa shape index (κ3) is 4.27. The van der Waals surface area contributed by atoms with Gasteiger partial charge in [-0.3, -0.25) is 5.32 Å². The molecule has 0 spiro atoms. The summed E-state index contributed by atoms with van der Waals surface area (Å²) in [5, 5.41) is 8.58. The molecule has 0 aliphatic carbocycles. The Bertz CT molecular complexity index is 1480. The molecule has 0 aliphatic heterocycles. The molecule has 0 bridgehead atoms. The van der Waals surface area contributed by atoms with Crippen molar-refractivity contribution in [2.45, 2.75) is 20.8 Å². The summed E-state index contributed by atoms with van der Waals surface area (Å²) in [7, 11) is 0. The molecule has 3 aromatic heterocycles. The van der Waals surface area contributed by atoms with Crippen molar-refractivity contribution in [3.63, 3.8) is 0 Å². The SMILES string of the molecule is CCOc1ccc2nc(Nc3nccc(-c4cn(-c5ccc(F)cc5)nc4C)n3)nc(C)c2c1. The molecule has 0 fully saturated rings. The Morgan fingerprint density at radius 3 is 2.56 bits per heavy atom. The van der Waals surface area contributed by atoms with Gasteiger partial charge in [0.25, 0.3) is 0 Å². The average molecular weight is 455 g/mol. The van der Waals surface area contributed by atoms with Gasteiger partial charge in [-0.2, -0.15) is 5.10 Å². The fourth-order valence-electron chi connectivity index (χ4n) is 3.68. The lowest BCUT2D eigenvalue weighted by molar-refractivity contribution is 0.340. The van der Waals surface area contributed by atoms with Gasteiger partial charge in [0.2, 0.25) is 11.9 Å². The number of aryl methyl sites for hydroxylation is 2. The van der Waals surface area contributed by atoms with E-state index in [1.807, 2.05) is 51.2 Å². The van der Waals surface area contributed by atoms with Crippen LogP contribution in [0.2, 0.25) is 0 Å². The van der Waals surface area contributed by atoms with Crippen molar-refractivity contribution in [1.29, 1.82) is 0 Å². The molecule has 1 N–H and O–H groups in total. The number of aromatic nitrogens is 6. The molecular weight excluding hydrogens is 433 g/mol. The first kappa shape index (κ1) is 21.4. The van der Waals surface area contributed by atoms with E-state index < -0.39 is 0 Å². The topological polar surface area (TPSA) is 90.6 Å². The molecule has 170 valence electrons. The largest absolute Gasteiger partial charge is 0.494 e. The van der Waals surface area contributed by atoms with E-state index in [0.717, 1.165) is 39.3 Å². The van der Waals surface area contributed by atoms with E-state index in [4.69, 9.17) is 4.74 Å². The number of benzene rings is 2. The van der Waals surface area contributed by atoms with Gasteiger partial charge in [0.1, 0.15) is 11.6 Å². The number of fused-ring (bicyclic) bond motifs is 1. The van der Waals surface area contributed by atoms with Crippen molar-refractivity contribution < 1.29 is 9.13 Å². The first-order chi connectivity index (χ1) is 16.5. The molecule has 34 heavy (non-hydrogen) atoms. The average Bonchev–Trinajstić information content (AvgIpc) is 3.22. The van der Waals surface area contributed by atoms with E-state index >= 15 is 0 Å². The van der Waals surface area contributed by atoms with Crippen LogP contribution in [0.15, 0.2) is 60.9 Å². The quantitative estimate of drug-likeness (QED) is 0.378. The van der Waals surface area contributed by atoms with Crippen LogP contribution in [0.25, 0.3) is 27.8 Å². The van der Waals surface area contributed by atoms with Crippen molar-refractivity contribution in [2.75, 3.05) is 11.9 Å². The van der Waals surface area contributed by atoms with Crippen LogP contribution in [0.5, 0.6) is 5.75 Å². The molecule has 0 amide bonds. The molecule has 0 radical (unpaired) electrons. The summed E-state index contributed by atoms with van der Waals surface area (Å²) in [4.78, 5) is 18.1. The standard InChI is InChI=1S/C25H22FN7O/c1-4-34-19-9-10-22-20(13-19)15(2)28-25(30-22)31-24-27-12-11-23(29-24)21-14-33(32-16(21)3)18-7-5-17(26)6-8-18/h5-14H,4H2,1-3H3,(H,27,28,29,30,31). The lowest BCUT2D eigenvalue weighted by Crippen LogP contribution is -2.03. The summed E-state index contributed by atoms with van der Waals surface area (Å²) in [6.45, 7) is 6.37. The molecule has 5 rings (SSSR count). The molecular formula is C25H22FN7O. The Labute approximate surface area is 195 Å². The van der Waals surface area contributed by atoms with E-state index in [0.29, 0.717) is 24.2 Å². The van der Waals surface area contributed by atoms with E-state index in [2.05, 4.69) is 30.4 Å². The molecule has 3 heterocycles. The van der Waals surface area contributed by atoms with Crippen molar-refractivity contribution in [3.05, 3.63) is 78.1 Å². The van der Waals surface area contributed by atoms with Crippen LogP contribution in [-0.2, 0) is 0 Å². The minimum atomic E-state index is -0.291. The number of nitrogens with zero attached hydrogens (tertiary/aromatic N) is 6.